The van der Waals surface area contributed by atoms with Gasteiger partial charge in [-0.2, -0.15) is 0 Å². The number of imidazole rings is 1. The maximum atomic E-state index is 12.6. The van der Waals surface area contributed by atoms with Crippen molar-refractivity contribution < 1.29 is 8.78 Å². The maximum Gasteiger partial charge on any atom is 0.259 e. The van der Waals surface area contributed by atoms with Crippen molar-refractivity contribution in [3.05, 3.63) is 18.2 Å². The molecule has 0 saturated carbocycles. The SMILES string of the molecule is CCCn1cncc1C(NC)C(F)F. The molecule has 1 N–H and O–H groups in total. The number of nitrogens with zero attached hydrogens (tertiary/aromatic N) is 2. The van der Waals surface area contributed by atoms with Gasteiger partial charge in [-0.05, 0) is 13.5 Å². The smallest absolute Gasteiger partial charge is 0.259 e. The van der Waals surface area contributed by atoms with Crippen molar-refractivity contribution in [1.82, 2.24) is 14.9 Å². The summed E-state index contributed by atoms with van der Waals surface area (Å²) in [6.07, 6.45) is 1.57. The Morgan fingerprint density at radius 3 is 2.79 bits per heavy atom. The van der Waals surface area contributed by atoms with E-state index in [1.165, 1.54) is 13.2 Å². The van der Waals surface area contributed by atoms with Crippen molar-refractivity contribution in [3.63, 3.8) is 0 Å². The number of nitrogens with one attached hydrogen (secondary N) is 1. The standard InChI is InChI=1S/C9H15F2N3/c1-3-4-14-6-13-5-7(14)8(12-2)9(10)11/h5-6,8-9,12H,3-4H2,1-2H3. The van der Waals surface area contributed by atoms with Crippen molar-refractivity contribution in [2.75, 3.05) is 7.05 Å². The van der Waals surface area contributed by atoms with Crippen molar-refractivity contribution in [2.24, 2.45) is 0 Å². The Kier molecular flexibility index (Phi) is 4.00. The topological polar surface area (TPSA) is 29.9 Å². The molecule has 0 fully saturated rings. The molecule has 0 spiro atoms. The lowest BCUT2D eigenvalue weighted by atomic mass is 10.2. The number of hydrogen-bond acceptors (Lipinski definition) is 2. The second kappa shape index (κ2) is 5.05. The number of aryl methyl sites for hydroxylation is 1. The molecule has 1 aromatic heterocycles. The van der Waals surface area contributed by atoms with Gasteiger partial charge in [-0.15, -0.1) is 0 Å². The number of rotatable bonds is 5. The van der Waals surface area contributed by atoms with E-state index in [0.29, 0.717) is 5.69 Å². The van der Waals surface area contributed by atoms with Gasteiger partial charge in [-0.3, -0.25) is 0 Å². The third-order valence-corrected chi connectivity index (χ3v) is 2.09. The molecule has 1 atom stereocenters. The van der Waals surface area contributed by atoms with E-state index < -0.39 is 12.5 Å². The predicted octanol–water partition coefficient (Wildman–Crippen LogP) is 1.82. The van der Waals surface area contributed by atoms with Gasteiger partial charge in [-0.1, -0.05) is 6.92 Å². The summed E-state index contributed by atoms with van der Waals surface area (Å²) in [5.74, 6) is 0. The minimum Gasteiger partial charge on any atom is -0.333 e. The Labute approximate surface area is 82.1 Å². The molecule has 5 heteroatoms. The summed E-state index contributed by atoms with van der Waals surface area (Å²) in [5.41, 5.74) is 0.546. The quantitative estimate of drug-likeness (QED) is 0.791. The molecular weight excluding hydrogens is 188 g/mol. The molecule has 0 amide bonds. The molecule has 1 aromatic rings. The lowest BCUT2D eigenvalue weighted by molar-refractivity contribution is 0.0986. The average molecular weight is 203 g/mol. The minimum absolute atomic E-state index is 0.546. The lowest BCUT2D eigenvalue weighted by Crippen LogP contribution is -2.26. The van der Waals surface area contributed by atoms with E-state index in [1.54, 1.807) is 10.9 Å². The molecule has 0 aliphatic carbocycles. The van der Waals surface area contributed by atoms with E-state index in [9.17, 15) is 8.78 Å². The highest BCUT2D eigenvalue weighted by atomic mass is 19.3. The maximum absolute atomic E-state index is 12.6. The summed E-state index contributed by atoms with van der Waals surface area (Å²) in [6.45, 7) is 2.72. The zero-order chi connectivity index (χ0) is 10.6. The molecule has 14 heavy (non-hydrogen) atoms. The monoisotopic (exact) mass is 203 g/mol. The first-order chi connectivity index (χ1) is 6.70. The Bertz CT molecular complexity index is 273. The van der Waals surface area contributed by atoms with Gasteiger partial charge in [0.25, 0.3) is 6.43 Å². The highest BCUT2D eigenvalue weighted by Crippen LogP contribution is 2.19. The van der Waals surface area contributed by atoms with Crippen molar-refractivity contribution >= 4 is 0 Å². The van der Waals surface area contributed by atoms with Crippen LogP contribution in [-0.2, 0) is 6.54 Å². The molecular formula is C9H15F2N3. The van der Waals surface area contributed by atoms with Crippen LogP contribution in [0, 0.1) is 0 Å². The molecule has 0 aromatic carbocycles. The van der Waals surface area contributed by atoms with Crippen LogP contribution in [0.4, 0.5) is 8.78 Å². The van der Waals surface area contributed by atoms with Gasteiger partial charge in [-0.25, -0.2) is 13.8 Å². The van der Waals surface area contributed by atoms with E-state index >= 15 is 0 Å². The Morgan fingerprint density at radius 1 is 1.57 bits per heavy atom. The molecule has 0 aliphatic rings. The minimum atomic E-state index is -2.41. The number of aromatic nitrogens is 2. The van der Waals surface area contributed by atoms with Gasteiger partial charge in [0.2, 0.25) is 0 Å². The molecule has 0 radical (unpaired) electrons. The second-order valence-electron chi connectivity index (χ2n) is 3.11. The summed E-state index contributed by atoms with van der Waals surface area (Å²) in [4.78, 5) is 3.88. The van der Waals surface area contributed by atoms with Crippen LogP contribution >= 0.6 is 0 Å². The van der Waals surface area contributed by atoms with E-state index in [0.717, 1.165) is 13.0 Å². The van der Waals surface area contributed by atoms with Crippen LogP contribution in [0.15, 0.2) is 12.5 Å². The molecule has 3 nitrogen and oxygen atoms in total. The van der Waals surface area contributed by atoms with Crippen molar-refractivity contribution in [3.8, 4) is 0 Å². The predicted molar refractivity (Wildman–Crippen MR) is 50.3 cm³/mol. The summed E-state index contributed by atoms with van der Waals surface area (Å²) in [6, 6.07) is -0.927. The van der Waals surface area contributed by atoms with Gasteiger partial charge in [0.05, 0.1) is 12.0 Å². The second-order valence-corrected chi connectivity index (χ2v) is 3.11. The number of alkyl halides is 2. The van der Waals surface area contributed by atoms with Crippen LogP contribution in [-0.4, -0.2) is 23.0 Å². The van der Waals surface area contributed by atoms with E-state index in [-0.39, 0.29) is 0 Å². The van der Waals surface area contributed by atoms with Gasteiger partial charge < -0.3 is 9.88 Å². The first kappa shape index (κ1) is 11.1. The highest BCUT2D eigenvalue weighted by molar-refractivity contribution is 5.06. The third kappa shape index (κ3) is 2.29. The van der Waals surface area contributed by atoms with Crippen LogP contribution in [0.2, 0.25) is 0 Å². The number of halogens is 2. The van der Waals surface area contributed by atoms with Crippen LogP contribution < -0.4 is 5.32 Å². The van der Waals surface area contributed by atoms with Gasteiger partial charge in [0.1, 0.15) is 6.04 Å². The van der Waals surface area contributed by atoms with Crippen LogP contribution in [0.5, 0.6) is 0 Å². The fourth-order valence-corrected chi connectivity index (χ4v) is 1.42. The van der Waals surface area contributed by atoms with Crippen LogP contribution in [0.3, 0.4) is 0 Å². The summed E-state index contributed by atoms with van der Waals surface area (Å²) in [7, 11) is 1.53. The Morgan fingerprint density at radius 2 is 2.29 bits per heavy atom. The fraction of sp³-hybridized carbons (Fsp3) is 0.667. The van der Waals surface area contributed by atoms with Gasteiger partial charge in [0.15, 0.2) is 0 Å². The molecule has 0 aliphatic heterocycles. The molecule has 0 saturated heterocycles. The van der Waals surface area contributed by atoms with Crippen molar-refractivity contribution in [2.45, 2.75) is 32.4 Å². The van der Waals surface area contributed by atoms with Gasteiger partial charge >= 0.3 is 0 Å². The van der Waals surface area contributed by atoms with Gasteiger partial charge in [0, 0.05) is 12.7 Å². The average Bonchev–Trinajstić information content (AvgIpc) is 2.55. The molecule has 1 rings (SSSR count). The van der Waals surface area contributed by atoms with Crippen molar-refractivity contribution in [1.29, 1.82) is 0 Å². The summed E-state index contributed by atoms with van der Waals surface area (Å²) in [5, 5.41) is 2.59. The lowest BCUT2D eigenvalue weighted by Gasteiger charge is -2.16. The fourth-order valence-electron chi connectivity index (χ4n) is 1.42. The normalized spacial score (nSPS) is 13.5. The molecule has 80 valence electrons. The third-order valence-electron chi connectivity index (χ3n) is 2.09. The van der Waals surface area contributed by atoms with Crippen LogP contribution in [0.1, 0.15) is 25.1 Å². The zero-order valence-electron chi connectivity index (χ0n) is 8.37. The zero-order valence-corrected chi connectivity index (χ0v) is 8.37. The Hall–Kier alpha value is -0.970. The molecule has 1 heterocycles. The first-order valence-electron chi connectivity index (χ1n) is 4.66. The van der Waals surface area contributed by atoms with E-state index in [2.05, 4.69) is 10.3 Å². The largest absolute Gasteiger partial charge is 0.333 e. The highest BCUT2D eigenvalue weighted by Gasteiger charge is 2.23. The first-order valence-corrected chi connectivity index (χ1v) is 4.66. The van der Waals surface area contributed by atoms with E-state index in [4.69, 9.17) is 0 Å². The van der Waals surface area contributed by atoms with Crippen LogP contribution in [0.25, 0.3) is 0 Å². The summed E-state index contributed by atoms with van der Waals surface area (Å²) < 4.78 is 26.9. The number of hydrogen-bond donors (Lipinski definition) is 1. The van der Waals surface area contributed by atoms with E-state index in [1.807, 2.05) is 6.92 Å². The summed E-state index contributed by atoms with van der Waals surface area (Å²) >= 11 is 0. The molecule has 0 bridgehead atoms. The molecule has 1 unspecified atom stereocenters. The Balaban J connectivity index is 2.86.